The van der Waals surface area contributed by atoms with E-state index in [0.717, 1.165) is 16.8 Å². The Morgan fingerprint density at radius 1 is 1.07 bits per heavy atom. The number of rotatable bonds is 4. The molecule has 1 N–H and O–H groups in total. The number of benzene rings is 3. The lowest BCUT2D eigenvalue weighted by Crippen LogP contribution is -2.27. The topological polar surface area (TPSA) is 49.4 Å². The third kappa shape index (κ3) is 4.17. The molecule has 4 rings (SSSR count). The predicted molar refractivity (Wildman–Crippen MR) is 115 cm³/mol. The average molecular weight is 406 g/mol. The van der Waals surface area contributed by atoms with E-state index in [4.69, 9.17) is 0 Å². The Balaban J connectivity index is 1.58. The number of carbonyl (C=O) groups is 2. The fourth-order valence-electron chi connectivity index (χ4n) is 3.26. The highest BCUT2D eigenvalue weighted by Crippen LogP contribution is 2.42. The number of amides is 2. The molecule has 1 aliphatic heterocycles. The minimum absolute atomic E-state index is 0.0538. The zero-order valence-corrected chi connectivity index (χ0v) is 16.6. The van der Waals surface area contributed by atoms with Crippen LogP contribution in [0.4, 0.5) is 15.8 Å². The molecule has 146 valence electrons. The summed E-state index contributed by atoms with van der Waals surface area (Å²) in [7, 11) is 0. The van der Waals surface area contributed by atoms with Gasteiger partial charge in [0.15, 0.2) is 0 Å². The monoisotopic (exact) mass is 406 g/mol. The van der Waals surface area contributed by atoms with Crippen LogP contribution in [-0.2, 0) is 4.79 Å². The fraction of sp³-hybridized carbons (Fsp3) is 0.130. The number of nitrogens with one attached hydrogen (secondary N) is 1. The number of nitrogens with zero attached hydrogens (tertiary/aromatic N) is 1. The Kier molecular flexibility index (Phi) is 5.36. The molecule has 0 saturated carbocycles. The van der Waals surface area contributed by atoms with Crippen LogP contribution in [-0.4, -0.2) is 17.6 Å². The number of hydrogen-bond acceptors (Lipinski definition) is 3. The molecule has 29 heavy (non-hydrogen) atoms. The minimum atomic E-state index is -0.457. The summed E-state index contributed by atoms with van der Waals surface area (Å²) in [5.41, 5.74) is 3.75. The third-order valence-corrected chi connectivity index (χ3v) is 5.91. The Morgan fingerprint density at radius 2 is 1.83 bits per heavy atom. The molecule has 2 amide bonds. The summed E-state index contributed by atoms with van der Waals surface area (Å²) < 4.78 is 13.4. The SMILES string of the molecule is Cc1ccc(N2C(=O)CS[C@H]2c2cccc(NC(=O)c3cccc(F)c3)c2)cc1. The van der Waals surface area contributed by atoms with E-state index >= 15 is 0 Å². The van der Waals surface area contributed by atoms with E-state index < -0.39 is 5.82 Å². The maximum atomic E-state index is 13.4. The van der Waals surface area contributed by atoms with E-state index in [0.29, 0.717) is 11.4 Å². The van der Waals surface area contributed by atoms with Crippen LogP contribution in [0.25, 0.3) is 0 Å². The van der Waals surface area contributed by atoms with E-state index in [1.165, 1.54) is 18.2 Å². The summed E-state index contributed by atoms with van der Waals surface area (Å²) >= 11 is 1.55. The van der Waals surface area contributed by atoms with Crippen LogP contribution in [0.2, 0.25) is 0 Å². The van der Waals surface area contributed by atoms with E-state index in [9.17, 15) is 14.0 Å². The lowest BCUT2D eigenvalue weighted by atomic mass is 10.1. The number of carbonyl (C=O) groups excluding carboxylic acids is 2. The second-order valence-corrected chi connectivity index (χ2v) is 7.92. The zero-order chi connectivity index (χ0) is 20.4. The molecule has 1 fully saturated rings. The molecule has 1 saturated heterocycles. The van der Waals surface area contributed by atoms with Gasteiger partial charge in [-0.1, -0.05) is 35.9 Å². The Hall–Kier alpha value is -3.12. The van der Waals surface area contributed by atoms with Crippen LogP contribution < -0.4 is 10.2 Å². The normalized spacial score (nSPS) is 16.1. The van der Waals surface area contributed by atoms with E-state index in [1.807, 2.05) is 49.4 Å². The van der Waals surface area contributed by atoms with Crippen molar-refractivity contribution in [2.24, 2.45) is 0 Å². The number of halogens is 1. The van der Waals surface area contributed by atoms with Crippen LogP contribution in [0.15, 0.2) is 72.8 Å². The summed E-state index contributed by atoms with van der Waals surface area (Å²) in [4.78, 5) is 26.7. The molecule has 1 heterocycles. The van der Waals surface area contributed by atoms with Crippen molar-refractivity contribution >= 4 is 35.0 Å². The summed E-state index contributed by atoms with van der Waals surface area (Å²) in [5, 5.41) is 2.63. The van der Waals surface area contributed by atoms with Crippen molar-refractivity contribution in [1.29, 1.82) is 0 Å². The summed E-state index contributed by atoms with van der Waals surface area (Å²) in [6, 6.07) is 20.8. The van der Waals surface area contributed by atoms with Crippen molar-refractivity contribution < 1.29 is 14.0 Å². The molecule has 4 nitrogen and oxygen atoms in total. The molecular formula is C23H19FN2O2S. The quantitative estimate of drug-likeness (QED) is 0.651. The van der Waals surface area contributed by atoms with Gasteiger partial charge < -0.3 is 5.32 Å². The van der Waals surface area contributed by atoms with E-state index in [2.05, 4.69) is 5.32 Å². The van der Waals surface area contributed by atoms with Crippen LogP contribution in [0.5, 0.6) is 0 Å². The molecule has 0 radical (unpaired) electrons. The van der Waals surface area contributed by atoms with Gasteiger partial charge in [-0.2, -0.15) is 0 Å². The van der Waals surface area contributed by atoms with Crippen molar-refractivity contribution in [3.8, 4) is 0 Å². The maximum absolute atomic E-state index is 13.4. The average Bonchev–Trinajstić information content (AvgIpc) is 3.10. The first kappa shape index (κ1) is 19.2. The third-order valence-electron chi connectivity index (χ3n) is 4.70. The van der Waals surface area contributed by atoms with Crippen LogP contribution in [0, 0.1) is 12.7 Å². The molecule has 6 heteroatoms. The van der Waals surface area contributed by atoms with Crippen LogP contribution in [0.1, 0.15) is 26.9 Å². The lowest BCUT2D eigenvalue weighted by molar-refractivity contribution is -0.115. The van der Waals surface area contributed by atoms with Gasteiger partial charge in [-0.05, 0) is 55.0 Å². The first-order valence-corrected chi connectivity index (χ1v) is 10.2. The number of thioether (sulfide) groups is 1. The highest BCUT2D eigenvalue weighted by molar-refractivity contribution is 8.00. The van der Waals surface area contributed by atoms with Crippen LogP contribution in [0.3, 0.4) is 0 Å². The van der Waals surface area contributed by atoms with Crippen molar-refractivity contribution in [2.75, 3.05) is 16.0 Å². The summed E-state index contributed by atoms with van der Waals surface area (Å²) in [6.07, 6.45) is 0. The number of aryl methyl sites for hydroxylation is 1. The molecule has 1 atom stereocenters. The van der Waals surface area contributed by atoms with Gasteiger partial charge in [-0.25, -0.2) is 4.39 Å². The van der Waals surface area contributed by atoms with Gasteiger partial charge >= 0.3 is 0 Å². The highest BCUT2D eigenvalue weighted by atomic mass is 32.2. The van der Waals surface area contributed by atoms with Crippen LogP contribution >= 0.6 is 11.8 Å². The van der Waals surface area contributed by atoms with Gasteiger partial charge in [0, 0.05) is 16.9 Å². The van der Waals surface area contributed by atoms with E-state index in [1.54, 1.807) is 28.8 Å². The van der Waals surface area contributed by atoms with Crippen molar-refractivity contribution in [2.45, 2.75) is 12.3 Å². The summed E-state index contributed by atoms with van der Waals surface area (Å²) in [6.45, 7) is 2.01. The van der Waals surface area contributed by atoms with Gasteiger partial charge in [0.2, 0.25) is 5.91 Å². The zero-order valence-electron chi connectivity index (χ0n) is 15.8. The van der Waals surface area contributed by atoms with Gasteiger partial charge in [0.25, 0.3) is 5.91 Å². The first-order chi connectivity index (χ1) is 14.0. The van der Waals surface area contributed by atoms with Gasteiger partial charge in [0.1, 0.15) is 11.2 Å². The van der Waals surface area contributed by atoms with Gasteiger partial charge in [-0.3, -0.25) is 14.5 Å². The maximum Gasteiger partial charge on any atom is 0.255 e. The molecule has 0 aromatic heterocycles. The fourth-order valence-corrected chi connectivity index (χ4v) is 4.43. The minimum Gasteiger partial charge on any atom is -0.322 e. The van der Waals surface area contributed by atoms with Crippen molar-refractivity contribution in [3.05, 3.63) is 95.3 Å². The Morgan fingerprint density at radius 3 is 2.59 bits per heavy atom. The predicted octanol–water partition coefficient (Wildman–Crippen LogP) is 5.17. The molecule has 1 aliphatic rings. The lowest BCUT2D eigenvalue weighted by Gasteiger charge is -2.25. The number of anilines is 2. The molecule has 0 aliphatic carbocycles. The van der Waals surface area contributed by atoms with Gasteiger partial charge in [0.05, 0.1) is 5.75 Å². The molecule has 3 aromatic rings. The second kappa shape index (κ2) is 8.09. The Labute approximate surface area is 172 Å². The number of hydrogen-bond donors (Lipinski definition) is 1. The standard InChI is InChI=1S/C23H19FN2O2S/c1-15-8-10-20(11-9-15)26-21(27)14-29-23(26)17-5-3-7-19(13-17)25-22(28)16-4-2-6-18(24)12-16/h2-13,23H,14H2,1H3,(H,25,28)/t23-/m0/s1. The highest BCUT2D eigenvalue weighted by Gasteiger charge is 2.34. The van der Waals surface area contributed by atoms with Gasteiger partial charge in [-0.15, -0.1) is 11.8 Å². The largest absolute Gasteiger partial charge is 0.322 e. The molecule has 0 spiro atoms. The van der Waals surface area contributed by atoms with Crippen molar-refractivity contribution in [1.82, 2.24) is 0 Å². The molecular weight excluding hydrogens is 387 g/mol. The van der Waals surface area contributed by atoms with Crippen molar-refractivity contribution in [3.63, 3.8) is 0 Å². The molecule has 0 bridgehead atoms. The van der Waals surface area contributed by atoms with E-state index in [-0.39, 0.29) is 22.8 Å². The molecule has 0 unspecified atom stereocenters. The first-order valence-electron chi connectivity index (χ1n) is 9.18. The summed E-state index contributed by atoms with van der Waals surface area (Å²) in [5.74, 6) is -0.385. The Bertz CT molecular complexity index is 1070. The molecule has 3 aromatic carbocycles. The second-order valence-electron chi connectivity index (χ2n) is 6.85. The smallest absolute Gasteiger partial charge is 0.255 e.